The number of ether oxygens (including phenoxy) is 1. The van der Waals surface area contributed by atoms with Crippen molar-refractivity contribution in [3.05, 3.63) is 42.5 Å². The van der Waals surface area contributed by atoms with Crippen LogP contribution >= 0.6 is 0 Å². The molecule has 1 fully saturated rings. The lowest BCUT2D eigenvalue weighted by atomic mass is 10.1. The lowest BCUT2D eigenvalue weighted by Gasteiger charge is -2.31. The van der Waals surface area contributed by atoms with Crippen LogP contribution in [0.25, 0.3) is 0 Å². The molecule has 3 rings (SSSR count). The van der Waals surface area contributed by atoms with Gasteiger partial charge in [-0.15, -0.1) is 0 Å². The van der Waals surface area contributed by atoms with Crippen LogP contribution in [0.1, 0.15) is 24.4 Å². The van der Waals surface area contributed by atoms with Crippen LogP contribution in [0.5, 0.6) is 5.75 Å². The molecule has 0 atom stereocenters. The first kappa shape index (κ1) is 18.4. The van der Waals surface area contributed by atoms with Crippen LogP contribution in [0.3, 0.4) is 0 Å². The van der Waals surface area contributed by atoms with E-state index in [-0.39, 0.29) is 17.4 Å². The van der Waals surface area contributed by atoms with Crippen molar-refractivity contribution >= 4 is 16.0 Å². The number of carboxylic acids is 1. The number of imidazole rings is 1. The van der Waals surface area contributed by atoms with Gasteiger partial charge in [-0.1, -0.05) is 0 Å². The molecule has 140 valence electrons. The SMILES string of the molecule is COc1ccc(S(=O)(=O)N2CCC(n3ccnc3)CC2)cc1CC(=O)O. The molecule has 0 saturated carbocycles. The van der Waals surface area contributed by atoms with Gasteiger partial charge in [0.15, 0.2) is 0 Å². The monoisotopic (exact) mass is 379 g/mol. The molecule has 1 aliphatic heterocycles. The minimum absolute atomic E-state index is 0.0932. The Morgan fingerprint density at radius 1 is 1.35 bits per heavy atom. The maximum absolute atomic E-state index is 12.9. The quantitative estimate of drug-likeness (QED) is 0.817. The minimum atomic E-state index is -3.68. The molecular weight excluding hydrogens is 358 g/mol. The van der Waals surface area contributed by atoms with Crippen molar-refractivity contribution in [1.29, 1.82) is 0 Å². The Hall–Kier alpha value is -2.39. The van der Waals surface area contributed by atoms with E-state index in [2.05, 4.69) is 4.98 Å². The van der Waals surface area contributed by atoms with Gasteiger partial charge in [0.25, 0.3) is 0 Å². The second-order valence-corrected chi connectivity index (χ2v) is 8.13. The van der Waals surface area contributed by atoms with Crippen molar-refractivity contribution in [3.63, 3.8) is 0 Å². The number of aromatic nitrogens is 2. The third kappa shape index (κ3) is 3.73. The molecule has 1 aromatic heterocycles. The largest absolute Gasteiger partial charge is 0.496 e. The van der Waals surface area contributed by atoms with E-state index in [1.54, 1.807) is 12.5 Å². The van der Waals surface area contributed by atoms with E-state index >= 15 is 0 Å². The highest BCUT2D eigenvalue weighted by Crippen LogP contribution is 2.29. The highest BCUT2D eigenvalue weighted by Gasteiger charge is 2.30. The van der Waals surface area contributed by atoms with Crippen LogP contribution in [0.15, 0.2) is 41.8 Å². The van der Waals surface area contributed by atoms with E-state index in [9.17, 15) is 13.2 Å². The number of sulfonamides is 1. The second kappa shape index (κ2) is 7.46. The Balaban J connectivity index is 1.79. The molecule has 2 aromatic rings. The molecule has 1 saturated heterocycles. The number of piperidine rings is 1. The van der Waals surface area contributed by atoms with Gasteiger partial charge in [0.1, 0.15) is 5.75 Å². The summed E-state index contributed by atoms with van der Waals surface area (Å²) in [6, 6.07) is 4.59. The van der Waals surface area contributed by atoms with Gasteiger partial charge in [-0.3, -0.25) is 4.79 Å². The van der Waals surface area contributed by atoms with Gasteiger partial charge in [-0.2, -0.15) is 4.31 Å². The number of hydrogen-bond acceptors (Lipinski definition) is 5. The summed E-state index contributed by atoms with van der Waals surface area (Å²) in [7, 11) is -2.25. The molecule has 0 unspecified atom stereocenters. The molecule has 0 amide bonds. The third-order valence-corrected chi connectivity index (χ3v) is 6.50. The van der Waals surface area contributed by atoms with E-state index < -0.39 is 16.0 Å². The maximum atomic E-state index is 12.9. The summed E-state index contributed by atoms with van der Waals surface area (Å²) in [5, 5.41) is 9.03. The highest BCUT2D eigenvalue weighted by atomic mass is 32.2. The van der Waals surface area contributed by atoms with E-state index in [4.69, 9.17) is 9.84 Å². The van der Waals surface area contributed by atoms with Crippen molar-refractivity contribution in [2.45, 2.75) is 30.2 Å². The first-order valence-electron chi connectivity index (χ1n) is 8.28. The fraction of sp³-hybridized carbons (Fsp3) is 0.412. The standard InChI is InChI=1S/C17H21N3O5S/c1-25-16-3-2-15(10-13(16)11-17(21)22)26(23,24)20-7-4-14(5-8-20)19-9-6-18-12-19/h2-3,6,9-10,12,14H,4-5,7-8,11H2,1H3,(H,21,22). The number of benzene rings is 1. The van der Waals surface area contributed by atoms with E-state index in [0.29, 0.717) is 37.2 Å². The Morgan fingerprint density at radius 3 is 2.65 bits per heavy atom. The van der Waals surface area contributed by atoms with Gasteiger partial charge in [0.05, 0.1) is 24.8 Å². The molecule has 0 aliphatic carbocycles. The van der Waals surface area contributed by atoms with Gasteiger partial charge in [0.2, 0.25) is 10.0 Å². The van der Waals surface area contributed by atoms with Crippen LogP contribution in [-0.2, 0) is 21.2 Å². The zero-order chi connectivity index (χ0) is 18.7. The topological polar surface area (TPSA) is 102 Å². The fourth-order valence-corrected chi connectivity index (χ4v) is 4.75. The molecule has 2 heterocycles. The van der Waals surface area contributed by atoms with Crippen molar-refractivity contribution < 1.29 is 23.1 Å². The van der Waals surface area contributed by atoms with Crippen LogP contribution < -0.4 is 4.74 Å². The number of carbonyl (C=O) groups is 1. The van der Waals surface area contributed by atoms with Crippen LogP contribution in [-0.4, -0.2) is 53.5 Å². The molecule has 0 spiro atoms. The van der Waals surface area contributed by atoms with E-state index in [0.717, 1.165) is 0 Å². The third-order valence-electron chi connectivity index (χ3n) is 4.60. The summed E-state index contributed by atoms with van der Waals surface area (Å²) in [6.07, 6.45) is 6.45. The molecule has 9 heteroatoms. The molecule has 1 N–H and O–H groups in total. The maximum Gasteiger partial charge on any atom is 0.307 e. The Labute approximate surface area is 152 Å². The summed E-state index contributed by atoms with van der Waals surface area (Å²) >= 11 is 0. The lowest BCUT2D eigenvalue weighted by molar-refractivity contribution is -0.136. The molecule has 8 nitrogen and oxygen atoms in total. The summed E-state index contributed by atoms with van der Waals surface area (Å²) in [4.78, 5) is 15.2. The summed E-state index contributed by atoms with van der Waals surface area (Å²) in [5.74, 6) is -0.677. The molecular formula is C17H21N3O5S. The van der Waals surface area contributed by atoms with Crippen molar-refractivity contribution in [2.24, 2.45) is 0 Å². The van der Waals surface area contributed by atoms with Crippen LogP contribution in [0.2, 0.25) is 0 Å². The van der Waals surface area contributed by atoms with Gasteiger partial charge < -0.3 is 14.4 Å². The zero-order valence-corrected chi connectivity index (χ0v) is 15.2. The van der Waals surface area contributed by atoms with Crippen molar-refractivity contribution in [2.75, 3.05) is 20.2 Å². The van der Waals surface area contributed by atoms with Gasteiger partial charge in [0, 0.05) is 37.1 Å². The number of hydrogen-bond donors (Lipinski definition) is 1. The normalized spacial score (nSPS) is 16.5. The van der Waals surface area contributed by atoms with Crippen LogP contribution in [0.4, 0.5) is 0 Å². The fourth-order valence-electron chi connectivity index (χ4n) is 3.23. The highest BCUT2D eigenvalue weighted by molar-refractivity contribution is 7.89. The summed E-state index contributed by atoms with van der Waals surface area (Å²) < 4.78 is 34.5. The molecule has 0 bridgehead atoms. The number of methoxy groups -OCH3 is 1. The molecule has 1 aromatic carbocycles. The molecule has 1 aliphatic rings. The lowest BCUT2D eigenvalue weighted by Crippen LogP contribution is -2.38. The Bertz CT molecular complexity index is 872. The average molecular weight is 379 g/mol. The number of rotatable bonds is 6. The number of aliphatic carboxylic acids is 1. The van der Waals surface area contributed by atoms with E-state index in [1.807, 2.05) is 10.8 Å². The Kier molecular flexibility index (Phi) is 5.28. The predicted molar refractivity (Wildman–Crippen MR) is 93.6 cm³/mol. The number of carboxylic acid groups (broad SMARTS) is 1. The summed E-state index contributed by atoms with van der Waals surface area (Å²) in [5.41, 5.74) is 0.342. The zero-order valence-electron chi connectivity index (χ0n) is 14.4. The predicted octanol–water partition coefficient (Wildman–Crippen LogP) is 1.54. The van der Waals surface area contributed by atoms with Gasteiger partial charge >= 0.3 is 5.97 Å². The van der Waals surface area contributed by atoms with E-state index in [1.165, 1.54) is 29.6 Å². The minimum Gasteiger partial charge on any atom is -0.496 e. The Morgan fingerprint density at radius 2 is 2.08 bits per heavy atom. The summed E-state index contributed by atoms with van der Waals surface area (Å²) in [6.45, 7) is 0.816. The average Bonchev–Trinajstić information content (AvgIpc) is 3.16. The van der Waals surface area contributed by atoms with Crippen molar-refractivity contribution in [1.82, 2.24) is 13.9 Å². The first-order valence-corrected chi connectivity index (χ1v) is 9.72. The second-order valence-electron chi connectivity index (χ2n) is 6.19. The van der Waals surface area contributed by atoms with Gasteiger partial charge in [-0.25, -0.2) is 13.4 Å². The van der Waals surface area contributed by atoms with Crippen LogP contribution in [0, 0.1) is 0 Å². The number of nitrogens with zero attached hydrogens (tertiary/aromatic N) is 3. The smallest absolute Gasteiger partial charge is 0.307 e. The molecule has 0 radical (unpaired) electrons. The molecule has 26 heavy (non-hydrogen) atoms. The van der Waals surface area contributed by atoms with Crippen molar-refractivity contribution in [3.8, 4) is 5.75 Å². The first-order chi connectivity index (χ1) is 12.4. The van der Waals surface area contributed by atoms with Gasteiger partial charge in [-0.05, 0) is 31.0 Å².